The Hall–Kier alpha value is -2.28. The summed E-state index contributed by atoms with van der Waals surface area (Å²) in [7, 11) is 4.48. The number of carbonyl (C=O) groups is 2. The summed E-state index contributed by atoms with van der Waals surface area (Å²) in [5.74, 6) is 0.357. The van der Waals surface area contributed by atoms with Crippen molar-refractivity contribution in [1.82, 2.24) is 5.32 Å². The minimum atomic E-state index is -0.661. The Kier molecular flexibility index (Phi) is 7.34. The van der Waals surface area contributed by atoms with Crippen molar-refractivity contribution in [3.05, 3.63) is 18.2 Å². The van der Waals surface area contributed by atoms with Crippen LogP contribution >= 0.6 is 0 Å². The molecule has 23 heavy (non-hydrogen) atoms. The maximum absolute atomic E-state index is 12.4. The number of ether oxygens (including phenoxy) is 3. The minimum absolute atomic E-state index is 0.0732. The van der Waals surface area contributed by atoms with Gasteiger partial charge < -0.3 is 24.8 Å². The van der Waals surface area contributed by atoms with Crippen LogP contribution in [0, 0.1) is 5.92 Å². The van der Waals surface area contributed by atoms with Crippen LogP contribution < -0.4 is 20.1 Å². The van der Waals surface area contributed by atoms with Gasteiger partial charge >= 0.3 is 0 Å². The van der Waals surface area contributed by atoms with E-state index in [1.54, 1.807) is 18.2 Å². The Morgan fingerprint density at radius 1 is 1.09 bits per heavy atom. The largest absolute Gasteiger partial charge is 0.493 e. The summed E-state index contributed by atoms with van der Waals surface area (Å²) in [5, 5.41) is 5.42. The molecule has 2 amide bonds. The molecule has 0 heterocycles. The van der Waals surface area contributed by atoms with E-state index in [2.05, 4.69) is 10.6 Å². The van der Waals surface area contributed by atoms with Crippen LogP contribution in [-0.2, 0) is 14.3 Å². The molecule has 0 saturated heterocycles. The van der Waals surface area contributed by atoms with Crippen LogP contribution in [0.2, 0.25) is 0 Å². The van der Waals surface area contributed by atoms with E-state index in [1.807, 2.05) is 13.8 Å². The topological polar surface area (TPSA) is 85.9 Å². The third-order valence-corrected chi connectivity index (χ3v) is 3.19. The fourth-order valence-electron chi connectivity index (χ4n) is 2.02. The smallest absolute Gasteiger partial charge is 0.247 e. The number of methoxy groups -OCH3 is 3. The highest BCUT2D eigenvalue weighted by atomic mass is 16.5. The average molecular weight is 324 g/mol. The highest BCUT2D eigenvalue weighted by Gasteiger charge is 2.24. The van der Waals surface area contributed by atoms with Crippen LogP contribution in [0.5, 0.6) is 11.5 Å². The Bertz CT molecular complexity index is 545. The highest BCUT2D eigenvalue weighted by molar-refractivity contribution is 5.97. The van der Waals surface area contributed by atoms with Gasteiger partial charge in [-0.05, 0) is 18.1 Å². The van der Waals surface area contributed by atoms with E-state index < -0.39 is 6.04 Å². The summed E-state index contributed by atoms with van der Waals surface area (Å²) in [6.45, 7) is 3.62. The molecule has 0 radical (unpaired) electrons. The molecule has 0 fully saturated rings. The van der Waals surface area contributed by atoms with E-state index in [1.165, 1.54) is 21.3 Å². The zero-order valence-electron chi connectivity index (χ0n) is 14.1. The summed E-state index contributed by atoms with van der Waals surface area (Å²) in [5.41, 5.74) is 0.555. The normalized spacial score (nSPS) is 11.7. The predicted molar refractivity (Wildman–Crippen MR) is 86.8 cm³/mol. The standard InChI is InChI=1S/C16H24N2O5/c1-10(2)15(18-14(19)9-21-3)16(20)17-11-6-7-12(22-4)13(8-11)23-5/h6-8,10,15H,9H2,1-5H3,(H,17,20)(H,18,19)/t15-/m0/s1. The molecule has 0 saturated carbocycles. The fourth-order valence-corrected chi connectivity index (χ4v) is 2.02. The molecule has 7 heteroatoms. The number of hydrogen-bond acceptors (Lipinski definition) is 5. The lowest BCUT2D eigenvalue weighted by atomic mass is 10.0. The molecule has 0 aliphatic rings. The second-order valence-electron chi connectivity index (χ2n) is 5.28. The van der Waals surface area contributed by atoms with Crippen molar-refractivity contribution in [2.45, 2.75) is 19.9 Å². The number of anilines is 1. The molecule has 0 aromatic heterocycles. The van der Waals surface area contributed by atoms with Gasteiger partial charge in [0.05, 0.1) is 14.2 Å². The molecule has 0 aliphatic carbocycles. The zero-order valence-corrected chi connectivity index (χ0v) is 14.1. The minimum Gasteiger partial charge on any atom is -0.493 e. The summed E-state index contributed by atoms with van der Waals surface area (Å²) in [4.78, 5) is 24.1. The maximum atomic E-state index is 12.4. The van der Waals surface area contributed by atoms with Crippen molar-refractivity contribution in [2.75, 3.05) is 33.3 Å². The van der Waals surface area contributed by atoms with Crippen molar-refractivity contribution in [2.24, 2.45) is 5.92 Å². The fraction of sp³-hybridized carbons (Fsp3) is 0.500. The van der Waals surface area contributed by atoms with Gasteiger partial charge in [-0.25, -0.2) is 0 Å². The lowest BCUT2D eigenvalue weighted by Gasteiger charge is -2.22. The van der Waals surface area contributed by atoms with Gasteiger partial charge in [0.25, 0.3) is 0 Å². The van der Waals surface area contributed by atoms with Gasteiger partial charge in [0.15, 0.2) is 11.5 Å². The number of amides is 2. The van der Waals surface area contributed by atoms with Crippen molar-refractivity contribution >= 4 is 17.5 Å². The van der Waals surface area contributed by atoms with Crippen LogP contribution in [0.4, 0.5) is 5.69 Å². The van der Waals surface area contributed by atoms with Crippen LogP contribution in [0.25, 0.3) is 0 Å². The second kappa shape index (κ2) is 8.99. The molecule has 0 bridgehead atoms. The molecule has 1 aromatic carbocycles. The van der Waals surface area contributed by atoms with Gasteiger partial charge in [-0.2, -0.15) is 0 Å². The Morgan fingerprint density at radius 2 is 1.74 bits per heavy atom. The van der Waals surface area contributed by atoms with Gasteiger partial charge in [-0.1, -0.05) is 13.8 Å². The van der Waals surface area contributed by atoms with Crippen LogP contribution in [0.1, 0.15) is 13.8 Å². The molecular formula is C16H24N2O5. The molecule has 0 unspecified atom stereocenters. The Labute approximate surface area is 136 Å². The maximum Gasteiger partial charge on any atom is 0.247 e. The zero-order chi connectivity index (χ0) is 17.4. The number of nitrogens with one attached hydrogen (secondary N) is 2. The number of rotatable bonds is 8. The van der Waals surface area contributed by atoms with Gasteiger partial charge in [-0.3, -0.25) is 9.59 Å². The van der Waals surface area contributed by atoms with Gasteiger partial charge in [0.1, 0.15) is 12.6 Å². The number of benzene rings is 1. The SMILES string of the molecule is COCC(=O)N[C@H](C(=O)Nc1ccc(OC)c(OC)c1)C(C)C. The third kappa shape index (κ3) is 5.45. The summed E-state index contributed by atoms with van der Waals surface area (Å²) >= 11 is 0. The first-order valence-electron chi connectivity index (χ1n) is 7.24. The molecule has 7 nitrogen and oxygen atoms in total. The molecule has 1 aromatic rings. The Morgan fingerprint density at radius 3 is 2.26 bits per heavy atom. The quantitative estimate of drug-likeness (QED) is 0.755. The van der Waals surface area contributed by atoms with Gasteiger partial charge in [0, 0.05) is 18.9 Å². The van der Waals surface area contributed by atoms with E-state index in [9.17, 15) is 9.59 Å². The molecule has 2 N–H and O–H groups in total. The van der Waals surface area contributed by atoms with Crippen molar-refractivity contribution < 1.29 is 23.8 Å². The monoisotopic (exact) mass is 324 g/mol. The molecule has 0 spiro atoms. The lowest BCUT2D eigenvalue weighted by Crippen LogP contribution is -2.48. The van der Waals surface area contributed by atoms with Crippen molar-refractivity contribution in [3.8, 4) is 11.5 Å². The van der Waals surface area contributed by atoms with Crippen molar-refractivity contribution in [3.63, 3.8) is 0 Å². The third-order valence-electron chi connectivity index (χ3n) is 3.19. The average Bonchev–Trinajstić information content (AvgIpc) is 2.52. The van der Waals surface area contributed by atoms with Crippen LogP contribution in [0.3, 0.4) is 0 Å². The van der Waals surface area contributed by atoms with Gasteiger partial charge in [0.2, 0.25) is 11.8 Å². The van der Waals surface area contributed by atoms with Crippen LogP contribution in [-0.4, -0.2) is 45.8 Å². The summed E-state index contributed by atoms with van der Waals surface area (Å²) < 4.78 is 15.1. The molecule has 0 aliphatic heterocycles. The van der Waals surface area contributed by atoms with E-state index in [0.717, 1.165) is 0 Å². The first-order valence-corrected chi connectivity index (χ1v) is 7.24. The van der Waals surface area contributed by atoms with E-state index in [0.29, 0.717) is 17.2 Å². The second-order valence-corrected chi connectivity index (χ2v) is 5.28. The first kappa shape index (κ1) is 18.8. The van der Waals surface area contributed by atoms with E-state index in [-0.39, 0.29) is 24.3 Å². The summed E-state index contributed by atoms with van der Waals surface area (Å²) in [6, 6.07) is 4.40. The number of carbonyl (C=O) groups excluding carboxylic acids is 2. The molecular weight excluding hydrogens is 300 g/mol. The molecule has 1 atom stereocenters. The summed E-state index contributed by atoms with van der Waals surface area (Å²) in [6.07, 6.45) is 0. The predicted octanol–water partition coefficient (Wildman–Crippen LogP) is 1.43. The lowest BCUT2D eigenvalue weighted by molar-refractivity contribution is -0.129. The van der Waals surface area contributed by atoms with E-state index >= 15 is 0 Å². The molecule has 1 rings (SSSR count). The van der Waals surface area contributed by atoms with Crippen LogP contribution in [0.15, 0.2) is 18.2 Å². The van der Waals surface area contributed by atoms with Gasteiger partial charge in [-0.15, -0.1) is 0 Å². The van der Waals surface area contributed by atoms with E-state index in [4.69, 9.17) is 14.2 Å². The first-order chi connectivity index (χ1) is 10.9. The Balaban J connectivity index is 2.84. The highest BCUT2D eigenvalue weighted by Crippen LogP contribution is 2.29. The van der Waals surface area contributed by atoms with Crippen molar-refractivity contribution in [1.29, 1.82) is 0 Å². The molecule has 128 valence electrons. The number of hydrogen-bond donors (Lipinski definition) is 2.